The number of hydrogen-bond donors (Lipinski definition) is 4. The summed E-state index contributed by atoms with van der Waals surface area (Å²) in [5, 5.41) is 15.4. The number of amides is 4. The molecule has 10 nitrogen and oxygen atoms in total. The number of para-hydroxylation sites is 1. The molecule has 0 aliphatic carbocycles. The van der Waals surface area contributed by atoms with Crippen LogP contribution >= 0.6 is 0 Å². The van der Waals surface area contributed by atoms with E-state index in [-0.39, 0.29) is 5.75 Å². The van der Waals surface area contributed by atoms with Crippen LogP contribution < -0.4 is 16.4 Å². The molecule has 10 heteroatoms. The Bertz CT molecular complexity index is 1190. The summed E-state index contributed by atoms with van der Waals surface area (Å²) in [6.07, 6.45) is -1.40. The third kappa shape index (κ3) is 8.22. The minimum absolute atomic E-state index is 0.0347. The smallest absolute Gasteiger partial charge is 0.408 e. The zero-order chi connectivity index (χ0) is 28.8. The van der Waals surface area contributed by atoms with Crippen LogP contribution in [0.3, 0.4) is 0 Å². The van der Waals surface area contributed by atoms with Gasteiger partial charge < -0.3 is 31.1 Å². The SMILES string of the molecule is Cc1cc(C(C(=O)Nc2ccccc2C)N(C(=O)C(CC(N)=O)NC(=O)OC(C)(C)C)C(C)C)ccc1O. The largest absolute Gasteiger partial charge is 0.508 e. The monoisotopic (exact) mass is 526 g/mol. The van der Waals surface area contributed by atoms with Gasteiger partial charge in [-0.2, -0.15) is 0 Å². The fourth-order valence-electron chi connectivity index (χ4n) is 3.91. The highest BCUT2D eigenvalue weighted by Crippen LogP contribution is 2.30. The van der Waals surface area contributed by atoms with Gasteiger partial charge in [-0.05, 0) is 83.4 Å². The van der Waals surface area contributed by atoms with E-state index in [0.717, 1.165) is 5.56 Å². The second-order valence-electron chi connectivity index (χ2n) is 10.5. The van der Waals surface area contributed by atoms with Crippen molar-refractivity contribution in [3.05, 3.63) is 59.2 Å². The van der Waals surface area contributed by atoms with Gasteiger partial charge in [-0.1, -0.05) is 24.3 Å². The summed E-state index contributed by atoms with van der Waals surface area (Å²) in [6, 6.07) is 8.73. The zero-order valence-corrected chi connectivity index (χ0v) is 23.0. The molecule has 0 heterocycles. The number of aromatic hydroxyl groups is 1. The third-order valence-electron chi connectivity index (χ3n) is 5.67. The number of nitrogens with zero attached hydrogens (tertiary/aromatic N) is 1. The highest BCUT2D eigenvalue weighted by atomic mass is 16.6. The van der Waals surface area contributed by atoms with E-state index in [4.69, 9.17) is 10.5 Å². The molecule has 2 atom stereocenters. The third-order valence-corrected chi connectivity index (χ3v) is 5.67. The highest BCUT2D eigenvalue weighted by Gasteiger charge is 2.38. The van der Waals surface area contributed by atoms with Crippen molar-refractivity contribution >= 4 is 29.5 Å². The maximum absolute atomic E-state index is 13.9. The number of rotatable bonds is 9. The number of nitrogens with two attached hydrogens (primary N) is 1. The number of phenols is 1. The number of hydrogen-bond acceptors (Lipinski definition) is 6. The normalized spacial score (nSPS) is 12.8. The lowest BCUT2D eigenvalue weighted by molar-refractivity contribution is -0.143. The number of carbonyl (C=O) groups is 4. The van der Waals surface area contributed by atoms with Crippen LogP contribution in [0, 0.1) is 13.8 Å². The first-order valence-corrected chi connectivity index (χ1v) is 12.4. The van der Waals surface area contributed by atoms with Gasteiger partial charge in [0, 0.05) is 11.7 Å². The van der Waals surface area contributed by atoms with E-state index in [0.29, 0.717) is 16.8 Å². The van der Waals surface area contributed by atoms with Crippen molar-refractivity contribution in [3.8, 4) is 5.75 Å². The molecule has 0 spiro atoms. The first kappa shape index (κ1) is 30.1. The van der Waals surface area contributed by atoms with Crippen molar-refractivity contribution in [1.29, 1.82) is 0 Å². The van der Waals surface area contributed by atoms with Crippen LogP contribution in [-0.2, 0) is 19.1 Å². The number of ether oxygens (including phenoxy) is 1. The maximum Gasteiger partial charge on any atom is 0.408 e. The van der Waals surface area contributed by atoms with Gasteiger partial charge >= 0.3 is 6.09 Å². The molecule has 5 N–H and O–H groups in total. The van der Waals surface area contributed by atoms with E-state index in [2.05, 4.69) is 10.6 Å². The Labute approximate surface area is 223 Å². The van der Waals surface area contributed by atoms with E-state index < -0.39 is 54.0 Å². The van der Waals surface area contributed by atoms with Crippen LogP contribution in [0.1, 0.15) is 63.8 Å². The lowest BCUT2D eigenvalue weighted by atomic mass is 9.98. The average molecular weight is 527 g/mol. The number of benzene rings is 2. The molecule has 0 aromatic heterocycles. The summed E-state index contributed by atoms with van der Waals surface area (Å²) in [6.45, 7) is 11.9. The Morgan fingerprint density at radius 1 is 1.03 bits per heavy atom. The molecule has 0 radical (unpaired) electrons. The lowest BCUT2D eigenvalue weighted by Gasteiger charge is -2.37. The van der Waals surface area contributed by atoms with Gasteiger partial charge in [0.05, 0.1) is 6.42 Å². The van der Waals surface area contributed by atoms with Crippen LogP contribution in [0.2, 0.25) is 0 Å². The summed E-state index contributed by atoms with van der Waals surface area (Å²) >= 11 is 0. The second-order valence-corrected chi connectivity index (χ2v) is 10.5. The van der Waals surface area contributed by atoms with Crippen LogP contribution in [0.4, 0.5) is 10.5 Å². The van der Waals surface area contributed by atoms with Crippen molar-refractivity contribution in [2.75, 3.05) is 5.32 Å². The maximum atomic E-state index is 13.9. The van der Waals surface area contributed by atoms with E-state index >= 15 is 0 Å². The van der Waals surface area contributed by atoms with Crippen LogP contribution in [0.15, 0.2) is 42.5 Å². The van der Waals surface area contributed by atoms with Gasteiger partial charge in [0.1, 0.15) is 23.4 Å². The fourth-order valence-corrected chi connectivity index (χ4v) is 3.91. The number of anilines is 1. The Hall–Kier alpha value is -4.08. The predicted molar refractivity (Wildman–Crippen MR) is 144 cm³/mol. The predicted octanol–water partition coefficient (Wildman–Crippen LogP) is 3.69. The second kappa shape index (κ2) is 12.4. The van der Waals surface area contributed by atoms with E-state index in [1.807, 2.05) is 19.1 Å². The summed E-state index contributed by atoms with van der Waals surface area (Å²) in [5.74, 6) is -1.99. The zero-order valence-electron chi connectivity index (χ0n) is 23.0. The molecule has 0 saturated carbocycles. The van der Waals surface area contributed by atoms with Gasteiger partial charge in [-0.25, -0.2) is 4.79 Å². The summed E-state index contributed by atoms with van der Waals surface area (Å²) in [5.41, 5.74) is 6.89. The Kier molecular flexibility index (Phi) is 9.87. The van der Waals surface area contributed by atoms with E-state index in [1.54, 1.807) is 65.8 Å². The van der Waals surface area contributed by atoms with Crippen molar-refractivity contribution in [2.45, 2.75) is 78.6 Å². The summed E-state index contributed by atoms with van der Waals surface area (Å²) < 4.78 is 5.27. The van der Waals surface area contributed by atoms with Gasteiger partial charge in [-0.3, -0.25) is 14.4 Å². The Morgan fingerprint density at radius 2 is 1.66 bits per heavy atom. The Balaban J connectivity index is 2.57. The van der Waals surface area contributed by atoms with Crippen LogP contribution in [-0.4, -0.2) is 51.5 Å². The molecular weight excluding hydrogens is 488 g/mol. The van der Waals surface area contributed by atoms with Gasteiger partial charge in [0.2, 0.25) is 11.8 Å². The van der Waals surface area contributed by atoms with Crippen LogP contribution in [0.25, 0.3) is 0 Å². The molecular formula is C28H38N4O6. The van der Waals surface area contributed by atoms with Crippen molar-refractivity contribution in [1.82, 2.24) is 10.2 Å². The quantitative estimate of drug-likeness (QED) is 0.391. The molecule has 0 bridgehead atoms. The van der Waals surface area contributed by atoms with Crippen molar-refractivity contribution in [3.63, 3.8) is 0 Å². The molecule has 0 saturated heterocycles. The minimum atomic E-state index is -1.38. The van der Waals surface area contributed by atoms with E-state index in [9.17, 15) is 24.3 Å². The molecule has 4 amide bonds. The van der Waals surface area contributed by atoms with Crippen molar-refractivity contribution < 1.29 is 29.0 Å². The fraction of sp³-hybridized carbons (Fsp3) is 0.429. The molecule has 206 valence electrons. The van der Waals surface area contributed by atoms with Gasteiger partial charge in [-0.15, -0.1) is 0 Å². The molecule has 0 aliphatic heterocycles. The Morgan fingerprint density at radius 3 is 2.18 bits per heavy atom. The molecule has 2 aromatic rings. The number of carbonyl (C=O) groups excluding carboxylic acids is 4. The molecule has 38 heavy (non-hydrogen) atoms. The molecule has 0 fully saturated rings. The number of nitrogens with one attached hydrogen (secondary N) is 2. The minimum Gasteiger partial charge on any atom is -0.508 e. The number of aryl methyl sites for hydroxylation is 2. The molecule has 2 unspecified atom stereocenters. The highest BCUT2D eigenvalue weighted by molar-refractivity contribution is 6.00. The first-order chi connectivity index (χ1) is 17.6. The first-order valence-electron chi connectivity index (χ1n) is 12.4. The topological polar surface area (TPSA) is 151 Å². The number of phenolic OH excluding ortho intramolecular Hbond substituents is 1. The molecule has 0 aliphatic rings. The van der Waals surface area contributed by atoms with Gasteiger partial charge in [0.25, 0.3) is 5.91 Å². The summed E-state index contributed by atoms with van der Waals surface area (Å²) in [7, 11) is 0. The lowest BCUT2D eigenvalue weighted by Crippen LogP contribution is -2.55. The van der Waals surface area contributed by atoms with E-state index in [1.165, 1.54) is 11.0 Å². The number of alkyl carbamates (subject to hydrolysis) is 1. The standard InChI is InChI=1S/C28H38N4O6/c1-16(2)32(26(36)21(15-23(29)34)31-27(37)38-28(5,6)7)24(19-12-13-22(33)18(4)14-19)25(35)30-20-11-9-8-10-17(20)3/h8-14,16,21,24,33H,15H2,1-7H3,(H2,29,34)(H,30,35)(H,31,37). The molecule has 2 aromatic carbocycles. The van der Waals surface area contributed by atoms with Crippen molar-refractivity contribution in [2.24, 2.45) is 5.73 Å². The number of primary amides is 1. The average Bonchev–Trinajstić information content (AvgIpc) is 2.78. The summed E-state index contributed by atoms with van der Waals surface area (Å²) in [4.78, 5) is 53.4. The van der Waals surface area contributed by atoms with Gasteiger partial charge in [0.15, 0.2) is 0 Å². The molecule has 2 rings (SSSR count). The van der Waals surface area contributed by atoms with Crippen LogP contribution in [0.5, 0.6) is 5.75 Å².